The Kier molecular flexibility index (Phi) is 22.7. The van der Waals surface area contributed by atoms with Crippen LogP contribution in [-0.4, -0.2) is 26.9 Å². The summed E-state index contributed by atoms with van der Waals surface area (Å²) in [7, 11) is 0. The van der Waals surface area contributed by atoms with Gasteiger partial charge in [-0.1, -0.05) is 300 Å². The molecular weight excluding hydrogens is 1390 g/mol. The van der Waals surface area contributed by atoms with E-state index >= 15 is 0 Å². The average Bonchev–Trinajstić information content (AvgIpc) is 0.708. The van der Waals surface area contributed by atoms with Gasteiger partial charge in [0.1, 0.15) is 0 Å². The summed E-state index contributed by atoms with van der Waals surface area (Å²) in [5.41, 5.74) is 82.5. The highest BCUT2D eigenvalue weighted by atomic mass is 14.3. The molecule has 12 aromatic rings. The van der Waals surface area contributed by atoms with Crippen molar-refractivity contribution in [3.63, 3.8) is 0 Å². The third-order valence-corrected chi connectivity index (χ3v) is 30.3. The predicted octanol–water partition coefficient (Wildman–Crippen LogP) is 20.7. The Morgan fingerprint density at radius 3 is 0.681 bits per heavy atom. The van der Waals surface area contributed by atoms with E-state index in [9.17, 15) is 0 Å². The largest absolute Gasteiger partial charge is 0.243 e. The number of hydrogen-bond donors (Lipinski definition) is 0. The van der Waals surface area contributed by atoms with E-state index in [0.717, 1.165) is 6.42 Å². The van der Waals surface area contributed by atoms with Crippen LogP contribution in [0.3, 0.4) is 0 Å². The van der Waals surface area contributed by atoms with E-state index in [2.05, 4.69) is 349 Å². The Morgan fingerprint density at radius 2 is 0.388 bits per heavy atom. The summed E-state index contributed by atoms with van der Waals surface area (Å²) in [6, 6.07) is 31.8. The monoisotopic (exact) mass is 1520 g/mol. The zero-order chi connectivity index (χ0) is 85.3. The van der Waals surface area contributed by atoms with Crippen molar-refractivity contribution < 1.29 is 0 Å². The summed E-state index contributed by atoms with van der Waals surface area (Å²) in [6.07, 6.45) is 0.939. The molecule has 0 nitrogen and oxygen atoms in total. The first kappa shape index (κ1) is 84.8. The lowest BCUT2D eigenvalue weighted by molar-refractivity contribution is 1.13. The minimum Gasteiger partial charge on any atom is -0.0629 e. The molecule has 1 aliphatic rings. The molecule has 1 heterocycles. The van der Waals surface area contributed by atoms with E-state index in [0.29, 0.717) is 0 Å². The molecule has 592 valence electrons. The molecule has 4 heteroatoms. The van der Waals surface area contributed by atoms with E-state index in [1.165, 1.54) is 327 Å². The highest BCUT2D eigenvalue weighted by molar-refractivity contribution is 6.99. The second kappa shape index (κ2) is 31.0. The molecule has 1 aliphatic heterocycles. The molecule has 0 N–H and O–H groups in total. The first-order valence-corrected chi connectivity index (χ1v) is 43.4. The maximum absolute atomic E-state index is 2.58. The van der Waals surface area contributed by atoms with Gasteiger partial charge in [0.05, 0.1) is 0 Å². The Hall–Kier alpha value is -9.10. The molecule has 0 spiro atoms. The van der Waals surface area contributed by atoms with Crippen LogP contribution in [0, 0.1) is 270 Å². The van der Waals surface area contributed by atoms with Crippen LogP contribution in [-0.2, 0) is 6.42 Å². The fourth-order valence-electron chi connectivity index (χ4n) is 24.5. The maximum Gasteiger partial charge on any atom is 0.243 e. The molecule has 0 aliphatic carbocycles. The summed E-state index contributed by atoms with van der Waals surface area (Å²) in [5.74, 6) is 0. The molecule has 116 heavy (non-hydrogen) atoms. The summed E-state index contributed by atoms with van der Waals surface area (Å²) in [6.45, 7) is 93.9. The van der Waals surface area contributed by atoms with Gasteiger partial charge in [0.15, 0.2) is 0 Å². The van der Waals surface area contributed by atoms with Gasteiger partial charge in [-0.2, -0.15) is 0 Å². The highest BCUT2D eigenvalue weighted by Crippen LogP contribution is 2.43. The van der Waals surface area contributed by atoms with Crippen molar-refractivity contribution >= 4 is 92.4 Å². The van der Waals surface area contributed by atoms with Crippen LogP contribution in [0.2, 0.25) is 0 Å². The standard InChI is InChI=1S/C112H132B4/c1-54-40-60(7)101(61(8)41-54)113(102-62(9)42-55(2)43-63(102)10)106-71(18)52-94(72(19)82(106)29)96-73(20)83(30)108(84(31)74(96)21)115(104-66(13)46-57(4)47-67(104)14)109-85(32)75(22)97(76(23)86(109)33)98-77(24)87(34)110(88(35)78(98)25)116(105-68(15)48-58(5)49-69(105)16)111-89(36)79(26)99(80(27)90(111)37)100-81(28)91(38)112-95(92(100)39)53-93-51-59(6)50-70(17)107(93)114(112)103-64(11)44-56(3)45-65(103)12/h40-52H,53H2,1-39H3. The number of fused-ring (bicyclic) bond motifs is 2. The average molecular weight is 1520 g/mol. The van der Waals surface area contributed by atoms with E-state index in [1.807, 2.05) is 0 Å². The van der Waals surface area contributed by atoms with Crippen molar-refractivity contribution in [2.24, 2.45) is 0 Å². The van der Waals surface area contributed by atoms with Gasteiger partial charge in [-0.05, 0) is 382 Å². The molecule has 13 rings (SSSR count). The van der Waals surface area contributed by atoms with Crippen molar-refractivity contribution in [1.29, 1.82) is 0 Å². The lowest BCUT2D eigenvalue weighted by Gasteiger charge is -2.36. The second-order valence-electron chi connectivity index (χ2n) is 37.8. The topological polar surface area (TPSA) is 0 Å². The Bertz CT molecular complexity index is 5950. The van der Waals surface area contributed by atoms with Gasteiger partial charge in [0.2, 0.25) is 26.9 Å². The minimum absolute atomic E-state index is 0.00982. The minimum atomic E-state index is -0.0110. The smallest absolute Gasteiger partial charge is 0.0629 e. The van der Waals surface area contributed by atoms with Gasteiger partial charge < -0.3 is 0 Å². The van der Waals surface area contributed by atoms with Crippen molar-refractivity contribution in [3.8, 4) is 33.4 Å². The van der Waals surface area contributed by atoms with Gasteiger partial charge >= 0.3 is 0 Å². The molecule has 0 atom stereocenters. The number of hydrogen-bond acceptors (Lipinski definition) is 0. The number of benzene rings is 12. The lowest BCUT2D eigenvalue weighted by Crippen LogP contribution is -2.60. The van der Waals surface area contributed by atoms with Crippen LogP contribution in [0.25, 0.3) is 33.4 Å². The Morgan fingerprint density at radius 1 is 0.172 bits per heavy atom. The summed E-state index contributed by atoms with van der Waals surface area (Å²) in [5, 5.41) is 0. The fraction of sp³-hybridized carbons (Fsp3) is 0.357. The maximum atomic E-state index is 2.58. The Labute approximate surface area is 704 Å². The molecule has 0 unspecified atom stereocenters. The van der Waals surface area contributed by atoms with E-state index in [4.69, 9.17) is 0 Å². The van der Waals surface area contributed by atoms with Crippen LogP contribution in [0.1, 0.15) is 228 Å². The van der Waals surface area contributed by atoms with Gasteiger partial charge in [-0.15, -0.1) is 0 Å². The highest BCUT2D eigenvalue weighted by Gasteiger charge is 2.42. The first-order chi connectivity index (χ1) is 54.3. The van der Waals surface area contributed by atoms with E-state index in [-0.39, 0.29) is 26.9 Å². The van der Waals surface area contributed by atoms with Crippen LogP contribution in [0.4, 0.5) is 0 Å². The molecule has 0 bridgehead atoms. The molecule has 12 aromatic carbocycles. The fourth-order valence-corrected chi connectivity index (χ4v) is 24.5. The molecule has 0 amide bonds. The van der Waals surface area contributed by atoms with E-state index < -0.39 is 0 Å². The summed E-state index contributed by atoms with van der Waals surface area (Å²) in [4.78, 5) is 0. The lowest BCUT2D eigenvalue weighted by atomic mass is 9.30. The third-order valence-electron chi connectivity index (χ3n) is 30.3. The van der Waals surface area contributed by atoms with E-state index in [1.54, 1.807) is 0 Å². The molecule has 0 saturated carbocycles. The molecule has 0 radical (unpaired) electrons. The first-order valence-electron chi connectivity index (χ1n) is 43.4. The van der Waals surface area contributed by atoms with Crippen LogP contribution in [0.15, 0.2) is 78.9 Å². The van der Waals surface area contributed by atoms with Crippen molar-refractivity contribution in [2.75, 3.05) is 0 Å². The zero-order valence-electron chi connectivity index (χ0n) is 79.0. The van der Waals surface area contributed by atoms with Crippen LogP contribution >= 0.6 is 0 Å². The van der Waals surface area contributed by atoms with Crippen LogP contribution in [0.5, 0.6) is 0 Å². The van der Waals surface area contributed by atoms with Gasteiger partial charge in [0, 0.05) is 0 Å². The SMILES string of the molecule is Cc1cc(C)c(B(c2c(C)cc(C)cc2C)c2c(C)cc(-c3c(C)c(C)c(B(c4c(C)cc(C)cc4C)c4c(C)c(C)c(-c5c(C)c(C)c(B(c6c(C)cc(C)cc6C)c6c(C)c(C)c(-c7c(C)c(C)c8c(c7C)Cc7cc(C)cc(C)c7B8c7c(C)cc(C)cc7C)c(C)c6C)c(C)c5C)c(C)c4C)c(C)c3C)c(C)c2C)c(C)c1. The number of rotatable bonds is 13. The summed E-state index contributed by atoms with van der Waals surface area (Å²) >= 11 is 0. The Balaban J connectivity index is 0.984. The quantitative estimate of drug-likeness (QED) is 0.101. The van der Waals surface area contributed by atoms with Gasteiger partial charge in [0.25, 0.3) is 0 Å². The second-order valence-corrected chi connectivity index (χ2v) is 37.8. The third kappa shape index (κ3) is 13.4. The predicted molar refractivity (Wildman–Crippen MR) is 520 cm³/mol. The molecule has 0 saturated heterocycles. The molecular formula is C112H132B4. The molecule has 0 fully saturated rings. The zero-order valence-corrected chi connectivity index (χ0v) is 79.0. The summed E-state index contributed by atoms with van der Waals surface area (Å²) < 4.78 is 0. The molecule has 0 aromatic heterocycles. The van der Waals surface area contributed by atoms with Gasteiger partial charge in [-0.25, -0.2) is 0 Å². The van der Waals surface area contributed by atoms with Crippen molar-refractivity contribution in [2.45, 2.75) is 276 Å². The van der Waals surface area contributed by atoms with Crippen LogP contribution < -0.4 is 65.6 Å². The van der Waals surface area contributed by atoms with Crippen molar-refractivity contribution in [3.05, 3.63) is 307 Å². The van der Waals surface area contributed by atoms with Crippen molar-refractivity contribution in [1.82, 2.24) is 0 Å². The van der Waals surface area contributed by atoms with Gasteiger partial charge in [-0.3, -0.25) is 0 Å². The normalized spacial score (nSPS) is 12.0. The number of aryl methyl sites for hydroxylation is 18.